The molecule has 0 radical (unpaired) electrons. The Balaban J connectivity index is 2.63. The summed E-state index contributed by atoms with van der Waals surface area (Å²) in [4.78, 5) is 11.4. The van der Waals surface area contributed by atoms with Crippen LogP contribution in [0.4, 0.5) is 5.69 Å². The molecule has 3 nitrogen and oxygen atoms in total. The van der Waals surface area contributed by atoms with Crippen LogP contribution in [-0.2, 0) is 4.79 Å². The normalized spacial score (nSPS) is 12.9. The summed E-state index contributed by atoms with van der Waals surface area (Å²) in [5.74, 6) is 0.0410. The van der Waals surface area contributed by atoms with Gasteiger partial charge in [-0.05, 0) is 37.6 Å². The van der Waals surface area contributed by atoms with Gasteiger partial charge >= 0.3 is 0 Å². The minimum atomic E-state index is -1.97. The maximum atomic E-state index is 11.4. The lowest BCUT2D eigenvalue weighted by atomic mass is 10.3. The first-order chi connectivity index (χ1) is 8.32. The van der Waals surface area contributed by atoms with Crippen LogP contribution >= 0.6 is 34.8 Å². The number of rotatable bonds is 4. The monoisotopic (exact) mass is 309 g/mol. The number of halogens is 3. The number of ether oxygens (including phenoxy) is 1. The van der Waals surface area contributed by atoms with E-state index in [0.29, 0.717) is 5.69 Å². The molecule has 100 valence electrons. The Bertz CT molecular complexity index is 401. The Morgan fingerprint density at radius 2 is 1.89 bits per heavy atom. The molecule has 0 saturated carbocycles. The van der Waals surface area contributed by atoms with Crippen LogP contribution in [-0.4, -0.2) is 15.8 Å². The van der Waals surface area contributed by atoms with Crippen LogP contribution in [0, 0.1) is 0 Å². The first kappa shape index (κ1) is 15.4. The number of carbonyl (C=O) groups is 1. The minimum Gasteiger partial charge on any atom is -0.491 e. The summed E-state index contributed by atoms with van der Waals surface area (Å²) in [6.07, 6.45) is 1.07. The fourth-order valence-electron chi connectivity index (χ4n) is 1.13. The van der Waals surface area contributed by atoms with Crippen molar-refractivity contribution >= 4 is 46.4 Å². The van der Waals surface area contributed by atoms with E-state index in [1.807, 2.05) is 13.8 Å². The van der Waals surface area contributed by atoms with Gasteiger partial charge in [-0.25, -0.2) is 0 Å². The van der Waals surface area contributed by atoms with Gasteiger partial charge in [-0.2, -0.15) is 0 Å². The summed E-state index contributed by atoms with van der Waals surface area (Å²) in [6.45, 7) is 4.03. The SMILES string of the molecule is CCC(C)Oc1ccc(NC(=O)C(Cl)(Cl)Cl)cc1. The number of hydrogen-bond acceptors (Lipinski definition) is 2. The first-order valence-corrected chi connectivity index (χ1v) is 6.61. The third-order valence-corrected chi connectivity index (χ3v) is 2.80. The van der Waals surface area contributed by atoms with E-state index in [4.69, 9.17) is 39.5 Å². The molecule has 0 aliphatic carbocycles. The van der Waals surface area contributed by atoms with E-state index in [0.717, 1.165) is 12.2 Å². The molecule has 6 heteroatoms. The molecule has 0 aliphatic rings. The van der Waals surface area contributed by atoms with Crippen molar-refractivity contribution in [3.63, 3.8) is 0 Å². The van der Waals surface area contributed by atoms with E-state index < -0.39 is 9.70 Å². The summed E-state index contributed by atoms with van der Waals surface area (Å²) in [5, 5.41) is 2.49. The molecule has 0 aliphatic heterocycles. The van der Waals surface area contributed by atoms with Gasteiger partial charge in [0.1, 0.15) is 5.75 Å². The van der Waals surface area contributed by atoms with Crippen LogP contribution in [0.15, 0.2) is 24.3 Å². The first-order valence-electron chi connectivity index (χ1n) is 5.47. The second-order valence-corrected chi connectivity index (χ2v) is 6.09. The highest BCUT2D eigenvalue weighted by Crippen LogP contribution is 2.28. The van der Waals surface area contributed by atoms with Gasteiger partial charge in [0.2, 0.25) is 0 Å². The zero-order valence-electron chi connectivity index (χ0n) is 10.0. The van der Waals surface area contributed by atoms with Crippen LogP contribution in [0.1, 0.15) is 20.3 Å². The second kappa shape index (κ2) is 6.50. The highest BCUT2D eigenvalue weighted by Gasteiger charge is 2.30. The number of carbonyl (C=O) groups excluding carboxylic acids is 1. The Morgan fingerprint density at radius 1 is 1.33 bits per heavy atom. The number of amides is 1. The molecule has 1 amide bonds. The summed E-state index contributed by atoms with van der Waals surface area (Å²) in [7, 11) is 0. The zero-order chi connectivity index (χ0) is 13.8. The summed E-state index contributed by atoms with van der Waals surface area (Å²) in [6, 6.07) is 6.87. The number of hydrogen-bond donors (Lipinski definition) is 1. The molecule has 1 unspecified atom stereocenters. The van der Waals surface area contributed by atoms with Crippen LogP contribution in [0.3, 0.4) is 0 Å². The molecule has 0 aromatic heterocycles. The van der Waals surface area contributed by atoms with Gasteiger partial charge in [-0.3, -0.25) is 4.79 Å². The van der Waals surface area contributed by atoms with Crippen LogP contribution in [0.25, 0.3) is 0 Å². The predicted molar refractivity (Wildman–Crippen MR) is 75.7 cm³/mol. The molecule has 18 heavy (non-hydrogen) atoms. The molecule has 0 spiro atoms. The molecular formula is C12H14Cl3NO2. The average Bonchev–Trinajstić information content (AvgIpc) is 2.30. The fourth-order valence-corrected chi connectivity index (χ4v) is 1.28. The Morgan fingerprint density at radius 3 is 2.33 bits per heavy atom. The van der Waals surface area contributed by atoms with Crippen molar-refractivity contribution in [2.75, 3.05) is 5.32 Å². The summed E-state index contributed by atoms with van der Waals surface area (Å²) in [5.41, 5.74) is 0.544. The Kier molecular flexibility index (Phi) is 5.57. The number of anilines is 1. The van der Waals surface area contributed by atoms with Crippen molar-refractivity contribution in [2.45, 2.75) is 30.2 Å². The molecule has 0 bridgehead atoms. The van der Waals surface area contributed by atoms with Crippen molar-refractivity contribution in [2.24, 2.45) is 0 Å². The van der Waals surface area contributed by atoms with Gasteiger partial charge in [0.25, 0.3) is 9.70 Å². The van der Waals surface area contributed by atoms with Crippen molar-refractivity contribution in [1.82, 2.24) is 0 Å². The predicted octanol–water partition coefficient (Wildman–Crippen LogP) is 4.17. The van der Waals surface area contributed by atoms with Crippen molar-refractivity contribution in [3.05, 3.63) is 24.3 Å². The zero-order valence-corrected chi connectivity index (χ0v) is 12.3. The molecule has 0 fully saturated rings. The molecule has 1 aromatic rings. The van der Waals surface area contributed by atoms with Gasteiger partial charge in [-0.1, -0.05) is 41.7 Å². The van der Waals surface area contributed by atoms with Crippen molar-refractivity contribution < 1.29 is 9.53 Å². The number of nitrogens with one attached hydrogen (secondary N) is 1. The highest BCUT2D eigenvalue weighted by atomic mass is 35.6. The summed E-state index contributed by atoms with van der Waals surface area (Å²) < 4.78 is 3.63. The lowest BCUT2D eigenvalue weighted by molar-refractivity contribution is -0.115. The molecule has 1 rings (SSSR count). The van der Waals surface area contributed by atoms with Gasteiger partial charge in [0, 0.05) is 5.69 Å². The van der Waals surface area contributed by atoms with Gasteiger partial charge in [-0.15, -0.1) is 0 Å². The third kappa shape index (κ3) is 4.92. The molecule has 1 aromatic carbocycles. The number of benzene rings is 1. The lowest BCUT2D eigenvalue weighted by Gasteiger charge is -2.14. The molecule has 0 heterocycles. The number of alkyl halides is 3. The van der Waals surface area contributed by atoms with E-state index in [1.54, 1.807) is 24.3 Å². The van der Waals surface area contributed by atoms with E-state index in [-0.39, 0.29) is 6.10 Å². The standard InChI is InChI=1S/C12H14Cl3NO2/c1-3-8(2)18-10-6-4-9(5-7-10)16-11(17)12(13,14)15/h4-8H,3H2,1-2H3,(H,16,17). The van der Waals surface area contributed by atoms with E-state index in [1.165, 1.54) is 0 Å². The van der Waals surface area contributed by atoms with E-state index in [9.17, 15) is 4.79 Å². The lowest BCUT2D eigenvalue weighted by Crippen LogP contribution is -2.26. The third-order valence-electron chi connectivity index (χ3n) is 2.28. The maximum Gasteiger partial charge on any atom is 0.276 e. The van der Waals surface area contributed by atoms with Crippen LogP contribution < -0.4 is 10.1 Å². The quantitative estimate of drug-likeness (QED) is 0.848. The van der Waals surface area contributed by atoms with Crippen molar-refractivity contribution in [3.8, 4) is 5.75 Å². The molecule has 0 saturated heterocycles. The minimum absolute atomic E-state index is 0.145. The van der Waals surface area contributed by atoms with E-state index >= 15 is 0 Å². The Hall–Kier alpha value is -0.640. The van der Waals surface area contributed by atoms with E-state index in [2.05, 4.69) is 5.32 Å². The molecular weight excluding hydrogens is 296 g/mol. The van der Waals surface area contributed by atoms with Gasteiger partial charge in [0.15, 0.2) is 0 Å². The molecule has 1 atom stereocenters. The average molecular weight is 311 g/mol. The van der Waals surface area contributed by atoms with Gasteiger partial charge < -0.3 is 10.1 Å². The second-order valence-electron chi connectivity index (χ2n) is 3.81. The summed E-state index contributed by atoms with van der Waals surface area (Å²) >= 11 is 16.3. The largest absolute Gasteiger partial charge is 0.491 e. The smallest absolute Gasteiger partial charge is 0.276 e. The molecule has 1 N–H and O–H groups in total. The maximum absolute atomic E-state index is 11.4. The van der Waals surface area contributed by atoms with Crippen molar-refractivity contribution in [1.29, 1.82) is 0 Å². The van der Waals surface area contributed by atoms with Crippen LogP contribution in [0.5, 0.6) is 5.75 Å². The topological polar surface area (TPSA) is 38.3 Å². The Labute approximate surface area is 121 Å². The fraction of sp³-hybridized carbons (Fsp3) is 0.417. The van der Waals surface area contributed by atoms with Gasteiger partial charge in [0.05, 0.1) is 6.10 Å². The highest BCUT2D eigenvalue weighted by molar-refractivity contribution is 6.76. The van der Waals surface area contributed by atoms with Crippen LogP contribution in [0.2, 0.25) is 0 Å².